The summed E-state index contributed by atoms with van der Waals surface area (Å²) in [6, 6.07) is 0. The fourth-order valence-electron chi connectivity index (χ4n) is 0.226. The van der Waals surface area contributed by atoms with E-state index in [0.717, 1.165) is 6.92 Å². The van der Waals surface area contributed by atoms with E-state index < -0.39 is 10.4 Å². The van der Waals surface area contributed by atoms with E-state index in [1.165, 1.54) is 0 Å². The molecule has 0 aromatic carbocycles. The van der Waals surface area contributed by atoms with E-state index in [1.807, 2.05) is 0 Å². The van der Waals surface area contributed by atoms with Crippen LogP contribution in [0.4, 0.5) is 8.78 Å². The highest BCUT2D eigenvalue weighted by molar-refractivity contribution is 6.48. The average Bonchev–Trinajstić information content (AvgIpc) is 1.21. The Bertz CT molecular complexity index is 99.1. The highest BCUT2D eigenvalue weighted by atomic mass is 35.5. The maximum atomic E-state index is 11.9. The van der Waals surface area contributed by atoms with Crippen LogP contribution in [-0.4, -0.2) is 4.59 Å². The van der Waals surface area contributed by atoms with Crippen molar-refractivity contribution in [2.45, 2.75) is 11.5 Å². The fraction of sp³-hybridized carbons (Fsp3) is 0.500. The quantitative estimate of drug-likeness (QED) is 0.518. The van der Waals surface area contributed by atoms with Gasteiger partial charge in [-0.2, -0.15) is 0 Å². The van der Waals surface area contributed by atoms with Crippen LogP contribution in [0, 0.1) is 0 Å². The summed E-state index contributed by atoms with van der Waals surface area (Å²) in [5, 5.41) is 0. The molecule has 0 unspecified atom stereocenters. The van der Waals surface area contributed by atoms with Crippen molar-refractivity contribution in [3.63, 3.8) is 0 Å². The Labute approximate surface area is 56.1 Å². The molecule has 0 bridgehead atoms. The Hall–Kier alpha value is 0.180. The van der Waals surface area contributed by atoms with E-state index in [9.17, 15) is 8.78 Å². The lowest BCUT2D eigenvalue weighted by molar-refractivity contribution is 0.452. The van der Waals surface area contributed by atoms with Gasteiger partial charge in [0, 0.05) is 6.08 Å². The zero-order valence-corrected chi connectivity index (χ0v) is 5.60. The van der Waals surface area contributed by atoms with Crippen molar-refractivity contribution in [2.24, 2.45) is 0 Å². The van der Waals surface area contributed by atoms with Gasteiger partial charge in [0.15, 0.2) is 0 Å². The molecule has 0 saturated heterocycles. The van der Waals surface area contributed by atoms with Gasteiger partial charge in [-0.3, -0.25) is 0 Å². The molecule has 8 heavy (non-hydrogen) atoms. The molecule has 0 nitrogen and oxygen atoms in total. The molecular weight excluding hydrogens is 157 g/mol. The fourth-order valence-corrected chi connectivity index (χ4v) is 0.526. The summed E-state index contributed by atoms with van der Waals surface area (Å²) in [4.78, 5) is 0. The van der Waals surface area contributed by atoms with Crippen molar-refractivity contribution in [1.82, 2.24) is 0 Å². The summed E-state index contributed by atoms with van der Waals surface area (Å²) in [7, 11) is 0. The number of allylic oxidation sites excluding steroid dienone is 2. The molecule has 0 rings (SSSR count). The third kappa shape index (κ3) is 6.18. The summed E-state index contributed by atoms with van der Waals surface area (Å²) in [6.45, 7) is 1.05. The molecular formula is C4H4Cl2F2. The van der Waals surface area contributed by atoms with Crippen LogP contribution in [0.1, 0.15) is 6.92 Å². The molecule has 48 valence electrons. The second-order valence-corrected chi connectivity index (χ2v) is 2.57. The SMILES string of the molecule is CC(F)=CC(F)(Cl)Cl. The Morgan fingerprint density at radius 2 is 2.00 bits per heavy atom. The van der Waals surface area contributed by atoms with Crippen molar-refractivity contribution < 1.29 is 8.78 Å². The zero-order chi connectivity index (χ0) is 6.78. The standard InChI is InChI=1S/C4H4Cl2F2/c1-3(7)2-4(5,6)8/h2H,1H3. The molecule has 0 aliphatic rings. The average molecular weight is 161 g/mol. The maximum absolute atomic E-state index is 11.9. The molecule has 0 aromatic rings. The van der Waals surface area contributed by atoms with Crippen molar-refractivity contribution in [3.8, 4) is 0 Å². The van der Waals surface area contributed by atoms with Gasteiger partial charge in [0.25, 0.3) is 4.59 Å². The number of alkyl halides is 3. The highest BCUT2D eigenvalue weighted by Crippen LogP contribution is 2.25. The first-order valence-electron chi connectivity index (χ1n) is 1.83. The summed E-state index contributed by atoms with van der Waals surface area (Å²) in [5.41, 5.74) is 0. The molecule has 0 aromatic heterocycles. The lowest BCUT2D eigenvalue weighted by Crippen LogP contribution is -1.96. The molecule has 0 heterocycles. The first kappa shape index (κ1) is 8.18. The predicted molar refractivity (Wildman–Crippen MR) is 30.4 cm³/mol. The van der Waals surface area contributed by atoms with Gasteiger partial charge < -0.3 is 0 Å². The summed E-state index contributed by atoms with van der Waals surface area (Å²) in [6.07, 6.45) is 0.468. The minimum absolute atomic E-state index is 0.468. The Balaban J connectivity index is 3.89. The molecule has 0 N–H and O–H groups in total. The van der Waals surface area contributed by atoms with E-state index in [-0.39, 0.29) is 0 Å². The smallest absolute Gasteiger partial charge is 0.212 e. The molecule has 0 radical (unpaired) electrons. The minimum atomic E-state index is -2.57. The second kappa shape index (κ2) is 2.65. The van der Waals surface area contributed by atoms with Crippen molar-refractivity contribution in [2.75, 3.05) is 0 Å². The first-order valence-corrected chi connectivity index (χ1v) is 2.59. The van der Waals surface area contributed by atoms with Crippen LogP contribution in [-0.2, 0) is 0 Å². The molecule has 4 heteroatoms. The van der Waals surface area contributed by atoms with Gasteiger partial charge in [-0.05, 0) is 6.92 Å². The van der Waals surface area contributed by atoms with E-state index in [4.69, 9.17) is 23.2 Å². The van der Waals surface area contributed by atoms with Crippen LogP contribution in [0.3, 0.4) is 0 Å². The lowest BCUT2D eigenvalue weighted by atomic mass is 10.5. The number of halogens is 4. The van der Waals surface area contributed by atoms with Gasteiger partial charge >= 0.3 is 0 Å². The Morgan fingerprint density at radius 3 is 2.00 bits per heavy atom. The Kier molecular flexibility index (Phi) is 2.71. The van der Waals surface area contributed by atoms with Crippen molar-refractivity contribution >= 4 is 23.2 Å². The maximum Gasteiger partial charge on any atom is 0.279 e. The van der Waals surface area contributed by atoms with Crippen molar-refractivity contribution in [1.29, 1.82) is 0 Å². The summed E-state index contributed by atoms with van der Waals surface area (Å²) >= 11 is 9.42. The molecule has 0 spiro atoms. The van der Waals surface area contributed by atoms with Gasteiger partial charge in [0.2, 0.25) is 0 Å². The molecule has 0 fully saturated rings. The normalized spacial score (nSPS) is 14.4. The van der Waals surface area contributed by atoms with Crippen LogP contribution >= 0.6 is 23.2 Å². The molecule has 0 amide bonds. The summed E-state index contributed by atoms with van der Waals surface area (Å²) in [5.74, 6) is -0.738. The zero-order valence-electron chi connectivity index (χ0n) is 4.09. The number of hydrogen-bond acceptors (Lipinski definition) is 0. The third-order valence-electron chi connectivity index (χ3n) is 0.363. The molecule has 0 saturated carbocycles. The van der Waals surface area contributed by atoms with Crippen LogP contribution in [0.25, 0.3) is 0 Å². The van der Waals surface area contributed by atoms with Crippen LogP contribution in [0.2, 0.25) is 0 Å². The Morgan fingerprint density at radius 1 is 1.62 bits per heavy atom. The largest absolute Gasteiger partial charge is 0.279 e. The number of rotatable bonds is 1. The number of hydrogen-bond donors (Lipinski definition) is 0. The van der Waals surface area contributed by atoms with Gasteiger partial charge in [0.1, 0.15) is 0 Å². The second-order valence-electron chi connectivity index (χ2n) is 1.27. The van der Waals surface area contributed by atoms with Gasteiger partial charge in [-0.25, -0.2) is 8.78 Å². The van der Waals surface area contributed by atoms with E-state index >= 15 is 0 Å². The van der Waals surface area contributed by atoms with Crippen LogP contribution in [0.5, 0.6) is 0 Å². The van der Waals surface area contributed by atoms with Gasteiger partial charge in [-0.15, -0.1) is 0 Å². The van der Waals surface area contributed by atoms with E-state index in [1.54, 1.807) is 0 Å². The van der Waals surface area contributed by atoms with E-state index in [2.05, 4.69) is 0 Å². The monoisotopic (exact) mass is 160 g/mol. The predicted octanol–water partition coefficient (Wildman–Crippen LogP) is 2.96. The topological polar surface area (TPSA) is 0 Å². The van der Waals surface area contributed by atoms with Crippen molar-refractivity contribution in [3.05, 3.63) is 11.9 Å². The third-order valence-corrected chi connectivity index (χ3v) is 0.581. The molecule has 0 aliphatic carbocycles. The van der Waals surface area contributed by atoms with Gasteiger partial charge in [0.05, 0.1) is 5.83 Å². The van der Waals surface area contributed by atoms with Gasteiger partial charge in [-0.1, -0.05) is 23.2 Å². The van der Waals surface area contributed by atoms with Crippen LogP contribution < -0.4 is 0 Å². The lowest BCUT2D eigenvalue weighted by Gasteiger charge is -1.98. The summed E-state index contributed by atoms with van der Waals surface area (Å²) < 4.78 is 20.9. The van der Waals surface area contributed by atoms with E-state index in [0.29, 0.717) is 6.08 Å². The van der Waals surface area contributed by atoms with Crippen LogP contribution in [0.15, 0.2) is 11.9 Å². The highest BCUT2D eigenvalue weighted by Gasteiger charge is 2.17. The molecule has 0 atom stereocenters. The minimum Gasteiger partial charge on any atom is -0.212 e. The first-order chi connectivity index (χ1) is 3.42. The molecule has 0 aliphatic heterocycles.